The van der Waals surface area contributed by atoms with E-state index in [-0.39, 0.29) is 32.1 Å². The molecule has 5 nitrogen and oxygen atoms in total. The van der Waals surface area contributed by atoms with Crippen LogP contribution in [-0.4, -0.2) is 49.7 Å². The number of halogens is 2. The van der Waals surface area contributed by atoms with E-state index in [1.807, 2.05) is 17.5 Å². The van der Waals surface area contributed by atoms with Crippen LogP contribution in [0, 0.1) is 11.6 Å². The van der Waals surface area contributed by atoms with Gasteiger partial charge in [0.05, 0.1) is 0 Å². The Labute approximate surface area is 154 Å². The van der Waals surface area contributed by atoms with Gasteiger partial charge in [0.2, 0.25) is 15.9 Å². The van der Waals surface area contributed by atoms with Crippen molar-refractivity contribution in [1.82, 2.24) is 9.21 Å². The average Bonchev–Trinajstić information content (AvgIpc) is 3.13. The van der Waals surface area contributed by atoms with Gasteiger partial charge in [-0.2, -0.15) is 4.31 Å². The Bertz CT molecular complexity index is 919. The van der Waals surface area contributed by atoms with E-state index in [1.165, 1.54) is 22.3 Å². The summed E-state index contributed by atoms with van der Waals surface area (Å²) in [6, 6.07) is 6.14. The van der Waals surface area contributed by atoms with E-state index in [4.69, 9.17) is 0 Å². The zero-order chi connectivity index (χ0) is 18.7. The van der Waals surface area contributed by atoms with E-state index < -0.39 is 26.6 Å². The standard InChI is InChI=1S/C17H16F2N2O3S2/c18-13-3-5-16(15(19)12-13)26(23,24)21-9-7-20(8-10-21)17(22)6-4-14-2-1-11-25-14/h1-6,11-12H,7-10H2/b6-4+. The van der Waals surface area contributed by atoms with Crippen LogP contribution in [0.4, 0.5) is 8.78 Å². The summed E-state index contributed by atoms with van der Waals surface area (Å²) in [7, 11) is -4.07. The van der Waals surface area contributed by atoms with Gasteiger partial charge in [-0.3, -0.25) is 4.79 Å². The van der Waals surface area contributed by atoms with Crippen molar-refractivity contribution in [2.45, 2.75) is 4.90 Å². The van der Waals surface area contributed by atoms with Crippen LogP contribution in [0.3, 0.4) is 0 Å². The van der Waals surface area contributed by atoms with E-state index in [2.05, 4.69) is 0 Å². The summed E-state index contributed by atoms with van der Waals surface area (Å²) in [6.07, 6.45) is 3.17. The van der Waals surface area contributed by atoms with E-state index in [0.717, 1.165) is 21.3 Å². The van der Waals surface area contributed by atoms with Gasteiger partial charge in [0, 0.05) is 43.2 Å². The Morgan fingerprint density at radius 1 is 1.12 bits per heavy atom. The zero-order valence-corrected chi connectivity index (χ0v) is 15.3. The Hall–Kier alpha value is -2.10. The van der Waals surface area contributed by atoms with Gasteiger partial charge < -0.3 is 4.90 Å². The van der Waals surface area contributed by atoms with Gasteiger partial charge >= 0.3 is 0 Å². The molecule has 0 N–H and O–H groups in total. The fourth-order valence-corrected chi connectivity index (χ4v) is 4.70. The van der Waals surface area contributed by atoms with Gasteiger partial charge in [-0.05, 0) is 29.7 Å². The predicted octanol–water partition coefficient (Wildman–Crippen LogP) is 2.57. The third kappa shape index (κ3) is 4.00. The van der Waals surface area contributed by atoms with Crippen LogP contribution in [0.5, 0.6) is 0 Å². The van der Waals surface area contributed by atoms with E-state index in [0.29, 0.717) is 6.07 Å². The molecule has 0 unspecified atom stereocenters. The summed E-state index contributed by atoms with van der Waals surface area (Å²) in [5.74, 6) is -2.17. The summed E-state index contributed by atoms with van der Waals surface area (Å²) in [5, 5.41) is 1.91. The second-order valence-electron chi connectivity index (χ2n) is 5.65. The highest BCUT2D eigenvalue weighted by Crippen LogP contribution is 2.21. The number of carbonyl (C=O) groups excluding carboxylic acids is 1. The highest BCUT2D eigenvalue weighted by atomic mass is 32.2. The number of amides is 1. The lowest BCUT2D eigenvalue weighted by Crippen LogP contribution is -2.50. The van der Waals surface area contributed by atoms with Gasteiger partial charge in [0.1, 0.15) is 16.5 Å². The molecule has 0 aliphatic carbocycles. The van der Waals surface area contributed by atoms with Crippen LogP contribution in [0.1, 0.15) is 4.88 Å². The molecule has 3 rings (SSSR count). The minimum absolute atomic E-state index is 0.0533. The van der Waals surface area contributed by atoms with Crippen molar-refractivity contribution in [3.05, 3.63) is 58.3 Å². The molecule has 1 fully saturated rings. The Kier molecular flexibility index (Phi) is 5.49. The molecule has 26 heavy (non-hydrogen) atoms. The summed E-state index contributed by atoms with van der Waals surface area (Å²) in [5.41, 5.74) is 0. The van der Waals surface area contributed by atoms with Gasteiger partial charge in [-0.1, -0.05) is 6.07 Å². The number of carbonyl (C=O) groups is 1. The molecule has 0 radical (unpaired) electrons. The molecule has 9 heteroatoms. The van der Waals surface area contributed by atoms with Crippen molar-refractivity contribution in [2.24, 2.45) is 0 Å². The third-order valence-electron chi connectivity index (χ3n) is 4.00. The first kappa shape index (κ1) is 18.7. The van der Waals surface area contributed by atoms with Gasteiger partial charge in [0.25, 0.3) is 0 Å². The number of piperazine rings is 1. The lowest BCUT2D eigenvalue weighted by atomic mass is 10.3. The molecule has 1 amide bonds. The van der Waals surface area contributed by atoms with Crippen molar-refractivity contribution in [3.63, 3.8) is 0 Å². The van der Waals surface area contributed by atoms with Crippen LogP contribution < -0.4 is 0 Å². The first-order chi connectivity index (χ1) is 12.4. The van der Waals surface area contributed by atoms with Crippen molar-refractivity contribution < 1.29 is 22.0 Å². The second kappa shape index (κ2) is 7.65. The summed E-state index contributed by atoms with van der Waals surface area (Å²) < 4.78 is 53.0. The quantitative estimate of drug-likeness (QED) is 0.744. The minimum atomic E-state index is -4.07. The lowest BCUT2D eigenvalue weighted by molar-refractivity contribution is -0.127. The molecule has 0 bridgehead atoms. The number of sulfonamides is 1. The van der Waals surface area contributed by atoms with Gasteiger partial charge in [-0.15, -0.1) is 11.3 Å². The molecule has 1 aliphatic heterocycles. The van der Waals surface area contributed by atoms with Crippen LogP contribution in [-0.2, 0) is 14.8 Å². The van der Waals surface area contributed by atoms with Crippen LogP contribution in [0.15, 0.2) is 46.7 Å². The maximum atomic E-state index is 13.8. The number of nitrogens with zero attached hydrogens (tertiary/aromatic N) is 2. The van der Waals surface area contributed by atoms with E-state index in [9.17, 15) is 22.0 Å². The molecule has 1 saturated heterocycles. The largest absolute Gasteiger partial charge is 0.337 e. The van der Waals surface area contributed by atoms with E-state index in [1.54, 1.807) is 6.08 Å². The lowest BCUT2D eigenvalue weighted by Gasteiger charge is -2.33. The van der Waals surface area contributed by atoms with Gasteiger partial charge in [0.15, 0.2) is 0 Å². The second-order valence-corrected chi connectivity index (χ2v) is 8.54. The summed E-state index contributed by atoms with van der Waals surface area (Å²) in [4.78, 5) is 14.1. The van der Waals surface area contributed by atoms with Crippen LogP contribution in [0.25, 0.3) is 6.08 Å². The Morgan fingerprint density at radius 2 is 1.85 bits per heavy atom. The zero-order valence-electron chi connectivity index (χ0n) is 13.6. The van der Waals surface area contributed by atoms with Crippen molar-refractivity contribution in [3.8, 4) is 0 Å². The highest BCUT2D eigenvalue weighted by molar-refractivity contribution is 7.89. The fraction of sp³-hybridized carbons (Fsp3) is 0.235. The topological polar surface area (TPSA) is 57.7 Å². The molecule has 138 valence electrons. The molecule has 0 atom stereocenters. The fourth-order valence-electron chi connectivity index (χ4n) is 2.62. The van der Waals surface area contributed by atoms with Crippen molar-refractivity contribution in [2.75, 3.05) is 26.2 Å². The average molecular weight is 398 g/mol. The number of benzene rings is 1. The predicted molar refractivity (Wildman–Crippen MR) is 95.0 cm³/mol. The molecular weight excluding hydrogens is 382 g/mol. The number of hydrogen-bond donors (Lipinski definition) is 0. The number of hydrogen-bond acceptors (Lipinski definition) is 4. The normalized spacial score (nSPS) is 16.3. The Balaban J connectivity index is 1.65. The van der Waals surface area contributed by atoms with Gasteiger partial charge in [-0.25, -0.2) is 17.2 Å². The van der Waals surface area contributed by atoms with Crippen molar-refractivity contribution >= 4 is 33.3 Å². The molecule has 2 heterocycles. The van der Waals surface area contributed by atoms with Crippen LogP contribution >= 0.6 is 11.3 Å². The monoisotopic (exact) mass is 398 g/mol. The molecule has 2 aromatic rings. The van der Waals surface area contributed by atoms with Crippen LogP contribution in [0.2, 0.25) is 0 Å². The number of thiophene rings is 1. The summed E-state index contributed by atoms with van der Waals surface area (Å²) >= 11 is 1.51. The van der Waals surface area contributed by atoms with Crippen molar-refractivity contribution in [1.29, 1.82) is 0 Å². The maximum absolute atomic E-state index is 13.8. The smallest absolute Gasteiger partial charge is 0.246 e. The first-order valence-electron chi connectivity index (χ1n) is 7.83. The first-order valence-corrected chi connectivity index (χ1v) is 10.2. The minimum Gasteiger partial charge on any atom is -0.337 e. The maximum Gasteiger partial charge on any atom is 0.246 e. The molecule has 1 aromatic heterocycles. The third-order valence-corrected chi connectivity index (χ3v) is 6.76. The molecule has 0 saturated carbocycles. The summed E-state index contributed by atoms with van der Waals surface area (Å²) in [6.45, 7) is 0.515. The number of rotatable bonds is 4. The molecule has 0 spiro atoms. The molecule has 1 aromatic carbocycles. The Morgan fingerprint density at radius 3 is 2.46 bits per heavy atom. The van der Waals surface area contributed by atoms with E-state index >= 15 is 0 Å². The highest BCUT2D eigenvalue weighted by Gasteiger charge is 2.31. The molecule has 1 aliphatic rings. The molecular formula is C17H16F2N2O3S2. The SMILES string of the molecule is O=C(/C=C/c1cccs1)N1CCN(S(=O)(=O)c2ccc(F)cc2F)CC1.